The lowest BCUT2D eigenvalue weighted by atomic mass is 10.1. The minimum Gasteiger partial charge on any atom is -0.374 e. The number of amides is 3. The first kappa shape index (κ1) is 18.5. The molecule has 1 heterocycles. The number of imide groups is 1. The summed E-state index contributed by atoms with van der Waals surface area (Å²) in [7, 11) is 0. The lowest BCUT2D eigenvalue weighted by molar-refractivity contribution is -0.126. The average Bonchev–Trinajstić information content (AvgIpc) is 2.95. The fourth-order valence-corrected chi connectivity index (χ4v) is 2.91. The molecular weight excluding hydrogens is 344 g/mol. The molecule has 138 valence electrons. The van der Waals surface area contributed by atoms with E-state index in [4.69, 9.17) is 4.74 Å². The average molecular weight is 364 g/mol. The predicted molar refractivity (Wildman–Crippen MR) is 100 cm³/mol. The third-order valence-corrected chi connectivity index (χ3v) is 4.25. The first-order chi connectivity index (χ1) is 13.1. The van der Waals surface area contributed by atoms with Gasteiger partial charge in [0.25, 0.3) is 11.8 Å². The van der Waals surface area contributed by atoms with Crippen LogP contribution in [0.5, 0.6) is 0 Å². The monoisotopic (exact) mass is 364 g/mol. The number of nitrogens with zero attached hydrogens (tertiary/aromatic N) is 1. The van der Waals surface area contributed by atoms with Crippen molar-refractivity contribution < 1.29 is 19.1 Å². The molecule has 1 atom stereocenters. The van der Waals surface area contributed by atoms with Gasteiger partial charge in [-0.3, -0.25) is 19.3 Å². The predicted octanol–water partition coefficient (Wildman–Crippen LogP) is 2.17. The van der Waals surface area contributed by atoms with Crippen LogP contribution in [0.2, 0.25) is 0 Å². The SMILES string of the molecule is C=CCNC(=O)[C@H](COCc1ccccc1)N1C(=O)c2ccccc2C1=O. The molecule has 0 aliphatic carbocycles. The molecule has 0 radical (unpaired) electrons. The van der Waals surface area contributed by atoms with Crippen LogP contribution in [0.15, 0.2) is 67.3 Å². The van der Waals surface area contributed by atoms with Gasteiger partial charge in [-0.25, -0.2) is 0 Å². The maximum Gasteiger partial charge on any atom is 0.262 e. The first-order valence-corrected chi connectivity index (χ1v) is 8.60. The van der Waals surface area contributed by atoms with Gasteiger partial charge in [-0.1, -0.05) is 48.5 Å². The summed E-state index contributed by atoms with van der Waals surface area (Å²) in [4.78, 5) is 39.0. The summed E-state index contributed by atoms with van der Waals surface area (Å²) < 4.78 is 5.66. The summed E-state index contributed by atoms with van der Waals surface area (Å²) in [5.74, 6) is -1.44. The van der Waals surface area contributed by atoms with Crippen LogP contribution >= 0.6 is 0 Å². The van der Waals surface area contributed by atoms with Crippen molar-refractivity contribution >= 4 is 17.7 Å². The Labute approximate surface area is 157 Å². The summed E-state index contributed by atoms with van der Waals surface area (Å²) in [5, 5.41) is 2.64. The number of fused-ring (bicyclic) bond motifs is 1. The molecular formula is C21H20N2O4. The number of carbonyl (C=O) groups excluding carboxylic acids is 3. The number of hydrogen-bond acceptors (Lipinski definition) is 4. The fourth-order valence-electron chi connectivity index (χ4n) is 2.91. The Morgan fingerprint density at radius 2 is 1.63 bits per heavy atom. The first-order valence-electron chi connectivity index (χ1n) is 8.60. The van der Waals surface area contributed by atoms with Crippen molar-refractivity contribution in [2.24, 2.45) is 0 Å². The molecule has 0 fully saturated rings. The third-order valence-electron chi connectivity index (χ3n) is 4.25. The smallest absolute Gasteiger partial charge is 0.262 e. The maximum absolute atomic E-state index is 12.7. The Morgan fingerprint density at radius 3 is 2.22 bits per heavy atom. The van der Waals surface area contributed by atoms with Crippen molar-refractivity contribution in [3.05, 3.63) is 83.9 Å². The number of carbonyl (C=O) groups is 3. The Hall–Kier alpha value is -3.25. The van der Waals surface area contributed by atoms with Crippen LogP contribution in [-0.2, 0) is 16.1 Å². The van der Waals surface area contributed by atoms with E-state index in [1.807, 2.05) is 30.3 Å². The van der Waals surface area contributed by atoms with E-state index in [9.17, 15) is 14.4 Å². The third kappa shape index (κ3) is 3.96. The number of benzene rings is 2. The van der Waals surface area contributed by atoms with E-state index in [0.717, 1.165) is 10.5 Å². The summed E-state index contributed by atoms with van der Waals surface area (Å²) in [6.45, 7) is 3.97. The summed E-state index contributed by atoms with van der Waals surface area (Å²) in [5.41, 5.74) is 1.53. The molecule has 6 nitrogen and oxygen atoms in total. The zero-order valence-corrected chi connectivity index (χ0v) is 14.8. The Morgan fingerprint density at radius 1 is 1.04 bits per heavy atom. The van der Waals surface area contributed by atoms with E-state index >= 15 is 0 Å². The van der Waals surface area contributed by atoms with Gasteiger partial charge in [-0.05, 0) is 17.7 Å². The van der Waals surface area contributed by atoms with Crippen molar-refractivity contribution in [3.63, 3.8) is 0 Å². The van der Waals surface area contributed by atoms with Gasteiger partial charge in [0, 0.05) is 6.54 Å². The van der Waals surface area contributed by atoms with Gasteiger partial charge in [0.15, 0.2) is 0 Å². The second kappa shape index (κ2) is 8.42. The van der Waals surface area contributed by atoms with E-state index in [2.05, 4.69) is 11.9 Å². The van der Waals surface area contributed by atoms with Gasteiger partial charge in [0.2, 0.25) is 5.91 Å². The molecule has 2 aromatic rings. The molecule has 6 heteroatoms. The molecule has 3 rings (SSSR count). The van der Waals surface area contributed by atoms with Crippen LogP contribution in [0, 0.1) is 0 Å². The number of rotatable bonds is 8. The van der Waals surface area contributed by atoms with Gasteiger partial charge >= 0.3 is 0 Å². The topological polar surface area (TPSA) is 75.7 Å². The van der Waals surface area contributed by atoms with Crippen LogP contribution in [0.4, 0.5) is 0 Å². The van der Waals surface area contributed by atoms with E-state index in [0.29, 0.717) is 11.1 Å². The highest BCUT2D eigenvalue weighted by atomic mass is 16.5. The second-order valence-corrected chi connectivity index (χ2v) is 6.08. The standard InChI is InChI=1S/C21H20N2O4/c1-2-12-22-19(24)18(14-27-13-15-8-4-3-5-9-15)23-20(25)16-10-6-7-11-17(16)21(23)26/h2-11,18H,1,12-14H2,(H,22,24)/t18-/m0/s1. The molecule has 1 aliphatic heterocycles. The Kier molecular flexibility index (Phi) is 5.78. The van der Waals surface area contributed by atoms with Crippen molar-refractivity contribution in [1.29, 1.82) is 0 Å². The lowest BCUT2D eigenvalue weighted by Gasteiger charge is -2.25. The minimum absolute atomic E-state index is 0.0939. The van der Waals surface area contributed by atoms with E-state index < -0.39 is 23.8 Å². The molecule has 1 aliphatic rings. The van der Waals surface area contributed by atoms with E-state index in [-0.39, 0.29) is 19.8 Å². The highest BCUT2D eigenvalue weighted by Gasteiger charge is 2.42. The quantitative estimate of drug-likeness (QED) is 0.575. The Balaban J connectivity index is 1.78. The molecule has 0 unspecified atom stereocenters. The Bertz CT molecular complexity index is 828. The molecule has 3 amide bonds. The maximum atomic E-state index is 12.7. The van der Waals surface area contributed by atoms with Gasteiger partial charge in [-0.2, -0.15) is 0 Å². The number of nitrogens with one attached hydrogen (secondary N) is 1. The fraction of sp³-hybridized carbons (Fsp3) is 0.190. The largest absolute Gasteiger partial charge is 0.374 e. The van der Waals surface area contributed by atoms with Crippen molar-refractivity contribution in [2.75, 3.05) is 13.2 Å². The van der Waals surface area contributed by atoms with Gasteiger partial charge < -0.3 is 10.1 Å². The second-order valence-electron chi connectivity index (χ2n) is 6.08. The molecule has 0 saturated heterocycles. The van der Waals surface area contributed by atoms with Crippen molar-refractivity contribution in [2.45, 2.75) is 12.6 Å². The minimum atomic E-state index is -1.05. The number of hydrogen-bond donors (Lipinski definition) is 1. The molecule has 0 bridgehead atoms. The van der Waals surface area contributed by atoms with Gasteiger partial charge in [0.05, 0.1) is 24.3 Å². The van der Waals surface area contributed by atoms with Gasteiger partial charge in [-0.15, -0.1) is 6.58 Å². The summed E-state index contributed by atoms with van der Waals surface area (Å²) in [6.07, 6.45) is 1.53. The molecule has 1 N–H and O–H groups in total. The zero-order chi connectivity index (χ0) is 19.2. The lowest BCUT2D eigenvalue weighted by Crippen LogP contribution is -2.52. The van der Waals surface area contributed by atoms with Crippen LogP contribution in [0.1, 0.15) is 26.3 Å². The summed E-state index contributed by atoms with van der Waals surface area (Å²) in [6, 6.07) is 14.9. The van der Waals surface area contributed by atoms with Crippen LogP contribution in [0.3, 0.4) is 0 Å². The van der Waals surface area contributed by atoms with E-state index in [1.54, 1.807) is 24.3 Å². The van der Waals surface area contributed by atoms with Crippen molar-refractivity contribution in [3.8, 4) is 0 Å². The highest BCUT2D eigenvalue weighted by Crippen LogP contribution is 2.25. The van der Waals surface area contributed by atoms with Gasteiger partial charge in [0.1, 0.15) is 6.04 Å². The van der Waals surface area contributed by atoms with Crippen LogP contribution < -0.4 is 5.32 Å². The molecule has 0 saturated carbocycles. The molecule has 27 heavy (non-hydrogen) atoms. The number of ether oxygens (including phenoxy) is 1. The molecule has 0 spiro atoms. The molecule has 0 aromatic heterocycles. The molecule has 2 aromatic carbocycles. The zero-order valence-electron chi connectivity index (χ0n) is 14.8. The normalized spacial score (nSPS) is 14.0. The summed E-state index contributed by atoms with van der Waals surface area (Å²) >= 11 is 0. The van der Waals surface area contributed by atoms with E-state index in [1.165, 1.54) is 6.08 Å². The van der Waals surface area contributed by atoms with Crippen LogP contribution in [0.25, 0.3) is 0 Å². The van der Waals surface area contributed by atoms with Crippen molar-refractivity contribution in [1.82, 2.24) is 10.2 Å². The van der Waals surface area contributed by atoms with Crippen LogP contribution in [-0.4, -0.2) is 41.8 Å². The highest BCUT2D eigenvalue weighted by molar-refractivity contribution is 6.22.